The van der Waals surface area contributed by atoms with Gasteiger partial charge in [-0.1, -0.05) is 27.4 Å². The van der Waals surface area contributed by atoms with Crippen molar-refractivity contribution >= 4 is 11.8 Å². The van der Waals surface area contributed by atoms with E-state index in [9.17, 15) is 9.59 Å². The van der Waals surface area contributed by atoms with Crippen molar-refractivity contribution in [2.24, 2.45) is 5.41 Å². The van der Waals surface area contributed by atoms with Gasteiger partial charge < -0.3 is 14.6 Å². The van der Waals surface area contributed by atoms with E-state index in [1.54, 1.807) is 13.8 Å². The van der Waals surface area contributed by atoms with Crippen LogP contribution in [0.15, 0.2) is 12.2 Å². The number of ketones is 1. The number of carboxylic acids is 1. The molecule has 5 nitrogen and oxygen atoms in total. The summed E-state index contributed by atoms with van der Waals surface area (Å²) in [4.78, 5) is 23.1. The lowest BCUT2D eigenvalue weighted by molar-refractivity contribution is -0.156. The van der Waals surface area contributed by atoms with Crippen LogP contribution in [0.3, 0.4) is 0 Å². The van der Waals surface area contributed by atoms with Crippen LogP contribution in [-0.2, 0) is 19.1 Å². The summed E-state index contributed by atoms with van der Waals surface area (Å²) in [6.07, 6.45) is 1.16. The van der Waals surface area contributed by atoms with Crippen LogP contribution < -0.4 is 0 Å². The van der Waals surface area contributed by atoms with Crippen LogP contribution >= 0.6 is 0 Å². The number of Topliss-reactive ketones (excluding diaryl/α,β-unsaturated/α-hetero) is 1. The third-order valence-corrected chi connectivity index (χ3v) is 3.91. The van der Waals surface area contributed by atoms with Gasteiger partial charge in [0.15, 0.2) is 5.78 Å². The maximum absolute atomic E-state index is 12.3. The van der Waals surface area contributed by atoms with E-state index < -0.39 is 17.2 Å². The van der Waals surface area contributed by atoms with Crippen LogP contribution in [0.2, 0.25) is 0 Å². The standard InChI is InChI=1S/C21H38O5/c1-15(13-16(22)23)17(24)21(9,10)25-12-11-19(5,6)26-20(7,8)14-18(2,3)4/h1,11-14H2,2-10H3,(H,22,23). The number of hydrogen-bond donors (Lipinski definition) is 1. The Morgan fingerprint density at radius 2 is 1.42 bits per heavy atom. The van der Waals surface area contributed by atoms with Crippen molar-refractivity contribution < 1.29 is 24.2 Å². The van der Waals surface area contributed by atoms with Crippen molar-refractivity contribution in [2.45, 2.75) is 98.4 Å². The molecule has 0 saturated heterocycles. The highest BCUT2D eigenvalue weighted by Crippen LogP contribution is 2.33. The first-order chi connectivity index (χ1) is 11.4. The molecule has 0 bridgehead atoms. The van der Waals surface area contributed by atoms with Crippen molar-refractivity contribution in [1.29, 1.82) is 0 Å². The number of rotatable bonds is 11. The van der Waals surface area contributed by atoms with Gasteiger partial charge in [0, 0.05) is 5.57 Å². The number of carboxylic acid groups (broad SMARTS) is 1. The number of hydrogen-bond acceptors (Lipinski definition) is 4. The Morgan fingerprint density at radius 3 is 1.85 bits per heavy atom. The van der Waals surface area contributed by atoms with Gasteiger partial charge >= 0.3 is 5.97 Å². The van der Waals surface area contributed by atoms with E-state index in [-0.39, 0.29) is 28.8 Å². The smallest absolute Gasteiger partial charge is 0.307 e. The highest BCUT2D eigenvalue weighted by atomic mass is 16.5. The molecule has 0 amide bonds. The fourth-order valence-corrected chi connectivity index (χ4v) is 3.42. The van der Waals surface area contributed by atoms with Crippen LogP contribution in [0, 0.1) is 5.41 Å². The summed E-state index contributed by atoms with van der Waals surface area (Å²) in [7, 11) is 0. The Balaban J connectivity index is 4.70. The molecule has 0 rings (SSSR count). The fraction of sp³-hybridized carbons (Fsp3) is 0.810. The Bertz CT molecular complexity index is 521. The van der Waals surface area contributed by atoms with Crippen molar-refractivity contribution in [3.05, 3.63) is 12.2 Å². The predicted molar refractivity (Wildman–Crippen MR) is 104 cm³/mol. The summed E-state index contributed by atoms with van der Waals surface area (Å²) < 4.78 is 12.1. The van der Waals surface area contributed by atoms with Crippen molar-refractivity contribution in [2.75, 3.05) is 6.61 Å². The van der Waals surface area contributed by atoms with Crippen LogP contribution in [-0.4, -0.2) is 40.3 Å². The van der Waals surface area contributed by atoms with E-state index in [2.05, 4.69) is 41.2 Å². The van der Waals surface area contributed by atoms with Crippen molar-refractivity contribution in [1.82, 2.24) is 0 Å². The van der Waals surface area contributed by atoms with E-state index in [1.165, 1.54) is 0 Å². The summed E-state index contributed by atoms with van der Waals surface area (Å²) in [6, 6.07) is 0. The third kappa shape index (κ3) is 10.1. The molecule has 0 atom stereocenters. The summed E-state index contributed by atoms with van der Waals surface area (Å²) in [5.41, 5.74) is -1.59. The van der Waals surface area contributed by atoms with Gasteiger partial charge in [0.05, 0.1) is 24.2 Å². The minimum atomic E-state index is -1.11. The third-order valence-electron chi connectivity index (χ3n) is 3.91. The fourth-order valence-electron chi connectivity index (χ4n) is 3.42. The van der Waals surface area contributed by atoms with E-state index in [1.807, 2.05) is 13.8 Å². The first-order valence-corrected chi connectivity index (χ1v) is 9.15. The van der Waals surface area contributed by atoms with Gasteiger partial charge in [-0.05, 0) is 59.8 Å². The van der Waals surface area contributed by atoms with Gasteiger partial charge in [0.1, 0.15) is 5.60 Å². The Labute approximate surface area is 159 Å². The molecule has 0 aromatic carbocycles. The maximum atomic E-state index is 12.3. The minimum absolute atomic E-state index is 0.0457. The Kier molecular flexibility index (Phi) is 8.26. The first-order valence-electron chi connectivity index (χ1n) is 9.15. The number of aliphatic carboxylic acids is 1. The molecule has 0 aromatic rings. The molecule has 26 heavy (non-hydrogen) atoms. The number of carbonyl (C=O) groups excluding carboxylic acids is 1. The van der Waals surface area contributed by atoms with Gasteiger partial charge in [-0.25, -0.2) is 0 Å². The van der Waals surface area contributed by atoms with Crippen molar-refractivity contribution in [3.8, 4) is 0 Å². The van der Waals surface area contributed by atoms with Crippen LogP contribution in [0.4, 0.5) is 0 Å². The summed E-state index contributed by atoms with van der Waals surface area (Å²) in [5.74, 6) is -1.46. The second-order valence-corrected chi connectivity index (χ2v) is 9.97. The normalized spacial score (nSPS) is 13.6. The molecule has 0 radical (unpaired) electrons. The SMILES string of the molecule is C=C(CC(=O)O)C(=O)C(C)(C)OCCC(C)(C)OC(C)(C)CC(C)(C)C. The average Bonchev–Trinajstić information content (AvgIpc) is 2.31. The van der Waals surface area contributed by atoms with E-state index in [0.29, 0.717) is 13.0 Å². The monoisotopic (exact) mass is 370 g/mol. The van der Waals surface area contributed by atoms with E-state index in [0.717, 1.165) is 6.42 Å². The molecule has 0 heterocycles. The molecule has 0 aliphatic heterocycles. The quantitative estimate of drug-likeness (QED) is 0.530. The molecule has 0 aromatic heterocycles. The molecule has 0 unspecified atom stereocenters. The Hall–Kier alpha value is -1.20. The molecule has 0 aliphatic carbocycles. The molecule has 0 saturated carbocycles. The van der Waals surface area contributed by atoms with Crippen LogP contribution in [0.25, 0.3) is 0 Å². The van der Waals surface area contributed by atoms with Gasteiger partial charge in [-0.15, -0.1) is 0 Å². The van der Waals surface area contributed by atoms with Gasteiger partial charge in [0.25, 0.3) is 0 Å². The van der Waals surface area contributed by atoms with E-state index in [4.69, 9.17) is 14.6 Å². The lowest BCUT2D eigenvalue weighted by Crippen LogP contribution is -2.42. The molecule has 0 spiro atoms. The average molecular weight is 371 g/mol. The highest BCUT2D eigenvalue weighted by molar-refractivity contribution is 6.03. The molecule has 152 valence electrons. The zero-order chi connectivity index (χ0) is 21.0. The topological polar surface area (TPSA) is 72.8 Å². The summed E-state index contributed by atoms with van der Waals surface area (Å²) in [5, 5.41) is 8.80. The zero-order valence-corrected chi connectivity index (χ0v) is 18.1. The molecular formula is C21H38O5. The molecular weight excluding hydrogens is 332 g/mol. The lowest BCUT2D eigenvalue weighted by atomic mass is 9.83. The molecule has 1 N–H and O–H groups in total. The van der Waals surface area contributed by atoms with E-state index >= 15 is 0 Å². The second-order valence-electron chi connectivity index (χ2n) is 9.97. The first kappa shape index (κ1) is 24.8. The van der Waals surface area contributed by atoms with Crippen molar-refractivity contribution in [3.63, 3.8) is 0 Å². The molecule has 0 aliphatic rings. The molecule has 5 heteroatoms. The number of ether oxygens (including phenoxy) is 2. The lowest BCUT2D eigenvalue weighted by Gasteiger charge is -2.40. The largest absolute Gasteiger partial charge is 0.481 e. The number of carbonyl (C=O) groups is 2. The highest BCUT2D eigenvalue weighted by Gasteiger charge is 2.35. The minimum Gasteiger partial charge on any atom is -0.481 e. The van der Waals surface area contributed by atoms with Crippen LogP contribution in [0.1, 0.15) is 81.6 Å². The van der Waals surface area contributed by atoms with Gasteiger partial charge in [-0.3, -0.25) is 9.59 Å². The summed E-state index contributed by atoms with van der Waals surface area (Å²) in [6.45, 7) is 21.9. The van der Waals surface area contributed by atoms with Gasteiger partial charge in [-0.2, -0.15) is 0 Å². The maximum Gasteiger partial charge on any atom is 0.307 e. The second kappa shape index (κ2) is 8.66. The Morgan fingerprint density at radius 1 is 0.923 bits per heavy atom. The van der Waals surface area contributed by atoms with Gasteiger partial charge in [0.2, 0.25) is 0 Å². The predicted octanol–water partition coefficient (Wildman–Crippen LogP) is 4.78. The summed E-state index contributed by atoms with van der Waals surface area (Å²) >= 11 is 0. The van der Waals surface area contributed by atoms with Crippen LogP contribution in [0.5, 0.6) is 0 Å². The molecule has 0 fully saturated rings. The zero-order valence-electron chi connectivity index (χ0n) is 18.1.